The van der Waals surface area contributed by atoms with Gasteiger partial charge in [0.1, 0.15) is 11.5 Å². The Balaban J connectivity index is 2.27. The van der Waals surface area contributed by atoms with Crippen LogP contribution in [0, 0.1) is 0 Å². The number of hydrogen-bond acceptors (Lipinski definition) is 4. The van der Waals surface area contributed by atoms with Gasteiger partial charge in [0.2, 0.25) is 0 Å². The number of methoxy groups -OCH3 is 1. The molecule has 0 radical (unpaired) electrons. The minimum absolute atomic E-state index is 0.174. The average Bonchev–Trinajstić information content (AvgIpc) is 2.86. The molecule has 0 unspecified atom stereocenters. The van der Waals surface area contributed by atoms with Crippen LogP contribution in [0.3, 0.4) is 0 Å². The first-order valence-electron chi connectivity index (χ1n) is 6.78. The molecule has 0 aliphatic carbocycles. The van der Waals surface area contributed by atoms with E-state index in [1.165, 1.54) is 0 Å². The third-order valence-corrected chi connectivity index (χ3v) is 2.99. The molecule has 0 spiro atoms. The van der Waals surface area contributed by atoms with Crippen molar-refractivity contribution in [3.63, 3.8) is 0 Å². The van der Waals surface area contributed by atoms with E-state index < -0.39 is 0 Å². The zero-order valence-electron chi connectivity index (χ0n) is 12.2. The molecule has 0 fully saturated rings. The van der Waals surface area contributed by atoms with Crippen LogP contribution in [0.2, 0.25) is 0 Å². The molecule has 2 aromatic rings. The first-order valence-corrected chi connectivity index (χ1v) is 6.78. The van der Waals surface area contributed by atoms with Gasteiger partial charge in [-0.05, 0) is 25.5 Å². The van der Waals surface area contributed by atoms with Gasteiger partial charge in [-0.2, -0.15) is 5.10 Å². The van der Waals surface area contributed by atoms with Gasteiger partial charge in [0, 0.05) is 12.6 Å². The summed E-state index contributed by atoms with van der Waals surface area (Å²) in [6, 6.07) is 5.48. The molecule has 0 amide bonds. The molecule has 108 valence electrons. The first-order chi connectivity index (χ1) is 9.65. The van der Waals surface area contributed by atoms with E-state index in [9.17, 15) is 0 Å². The lowest BCUT2D eigenvalue weighted by molar-refractivity contribution is 0.397. The maximum atomic E-state index is 6.02. The number of aryl methyl sites for hydroxylation is 1. The highest BCUT2D eigenvalue weighted by Crippen LogP contribution is 2.35. The molecule has 0 saturated heterocycles. The Kier molecular flexibility index (Phi) is 4.63. The topological polar surface area (TPSA) is 62.3 Å². The van der Waals surface area contributed by atoms with Crippen molar-refractivity contribution in [1.29, 1.82) is 0 Å². The van der Waals surface area contributed by atoms with E-state index in [2.05, 4.69) is 12.0 Å². The second-order valence-corrected chi connectivity index (χ2v) is 4.70. The normalized spacial score (nSPS) is 12.2. The fourth-order valence-corrected chi connectivity index (χ4v) is 2.12. The number of benzene rings is 1. The van der Waals surface area contributed by atoms with E-state index in [0.29, 0.717) is 11.5 Å². The Labute approximate surface area is 119 Å². The number of aromatic nitrogens is 2. The fraction of sp³-hybridized carbons (Fsp3) is 0.400. The third kappa shape index (κ3) is 3.11. The summed E-state index contributed by atoms with van der Waals surface area (Å²) in [6.07, 6.45) is 4.62. The molecule has 0 bridgehead atoms. The maximum Gasteiger partial charge on any atom is 0.165 e. The lowest BCUT2D eigenvalue weighted by Crippen LogP contribution is -2.08. The van der Waals surface area contributed by atoms with Crippen molar-refractivity contribution in [2.45, 2.75) is 32.9 Å². The van der Waals surface area contributed by atoms with Crippen molar-refractivity contribution in [2.24, 2.45) is 5.73 Å². The van der Waals surface area contributed by atoms with E-state index in [-0.39, 0.29) is 6.04 Å². The molecule has 2 rings (SSSR count). The Morgan fingerprint density at radius 2 is 2.10 bits per heavy atom. The van der Waals surface area contributed by atoms with Gasteiger partial charge in [-0.25, -0.2) is 0 Å². The lowest BCUT2D eigenvalue weighted by atomic mass is 10.1. The molecule has 0 saturated carbocycles. The van der Waals surface area contributed by atoms with Crippen molar-refractivity contribution < 1.29 is 9.47 Å². The van der Waals surface area contributed by atoms with Gasteiger partial charge in [0.25, 0.3) is 0 Å². The van der Waals surface area contributed by atoms with Crippen molar-refractivity contribution in [1.82, 2.24) is 9.78 Å². The predicted octanol–water partition coefficient (Wildman–Crippen LogP) is 3.11. The highest BCUT2D eigenvalue weighted by atomic mass is 16.5. The van der Waals surface area contributed by atoms with Gasteiger partial charge in [0.05, 0.1) is 25.1 Å². The van der Waals surface area contributed by atoms with Crippen LogP contribution in [0.4, 0.5) is 0 Å². The Morgan fingerprint density at radius 1 is 1.35 bits per heavy atom. The van der Waals surface area contributed by atoms with E-state index in [4.69, 9.17) is 15.2 Å². The third-order valence-electron chi connectivity index (χ3n) is 2.99. The number of nitrogens with zero attached hydrogens (tertiary/aromatic N) is 2. The molecule has 5 nitrogen and oxygen atoms in total. The number of rotatable bonds is 6. The maximum absolute atomic E-state index is 6.02. The molecular weight excluding hydrogens is 254 g/mol. The highest BCUT2D eigenvalue weighted by Gasteiger charge is 2.15. The summed E-state index contributed by atoms with van der Waals surface area (Å²) < 4.78 is 13.1. The van der Waals surface area contributed by atoms with Crippen LogP contribution in [0.5, 0.6) is 17.2 Å². The predicted molar refractivity (Wildman–Crippen MR) is 78.2 cm³/mol. The average molecular weight is 275 g/mol. The molecule has 2 N–H and O–H groups in total. The van der Waals surface area contributed by atoms with Crippen LogP contribution in [0.1, 0.15) is 31.9 Å². The molecule has 1 aromatic carbocycles. The van der Waals surface area contributed by atoms with Crippen LogP contribution in [-0.2, 0) is 6.54 Å². The molecule has 1 aromatic heterocycles. The van der Waals surface area contributed by atoms with Crippen molar-refractivity contribution in [3.8, 4) is 17.2 Å². The van der Waals surface area contributed by atoms with Crippen LogP contribution in [-0.4, -0.2) is 16.9 Å². The van der Waals surface area contributed by atoms with Crippen molar-refractivity contribution in [3.05, 3.63) is 36.2 Å². The van der Waals surface area contributed by atoms with Gasteiger partial charge >= 0.3 is 0 Å². The van der Waals surface area contributed by atoms with Crippen LogP contribution in [0.15, 0.2) is 30.6 Å². The van der Waals surface area contributed by atoms with Gasteiger partial charge in [-0.3, -0.25) is 4.68 Å². The number of hydrogen-bond donors (Lipinski definition) is 1. The zero-order chi connectivity index (χ0) is 14.5. The molecule has 1 heterocycles. The zero-order valence-corrected chi connectivity index (χ0v) is 12.2. The highest BCUT2D eigenvalue weighted by molar-refractivity contribution is 5.48. The van der Waals surface area contributed by atoms with Crippen LogP contribution in [0.25, 0.3) is 0 Å². The van der Waals surface area contributed by atoms with Crippen LogP contribution < -0.4 is 15.2 Å². The minimum Gasteiger partial charge on any atom is -0.496 e. The summed E-state index contributed by atoms with van der Waals surface area (Å²) in [4.78, 5) is 0. The molecule has 20 heavy (non-hydrogen) atoms. The van der Waals surface area contributed by atoms with Crippen molar-refractivity contribution in [2.75, 3.05) is 7.11 Å². The van der Waals surface area contributed by atoms with Gasteiger partial charge in [-0.15, -0.1) is 0 Å². The van der Waals surface area contributed by atoms with E-state index >= 15 is 0 Å². The Hall–Kier alpha value is -2.01. The summed E-state index contributed by atoms with van der Waals surface area (Å²) in [5.74, 6) is 2.14. The SMILES string of the molecule is CCCn1cc(Oc2cccc(OC)c2[C@@H](C)N)cn1. The lowest BCUT2D eigenvalue weighted by Gasteiger charge is -2.16. The Bertz CT molecular complexity index is 564. The molecule has 0 aliphatic rings. The quantitative estimate of drug-likeness (QED) is 0.879. The molecule has 1 atom stereocenters. The van der Waals surface area contributed by atoms with Gasteiger partial charge < -0.3 is 15.2 Å². The second-order valence-electron chi connectivity index (χ2n) is 4.70. The molecule has 0 aliphatic heterocycles. The number of nitrogens with two attached hydrogens (primary N) is 1. The summed E-state index contributed by atoms with van der Waals surface area (Å²) >= 11 is 0. The molecular formula is C15H21N3O2. The Morgan fingerprint density at radius 3 is 2.75 bits per heavy atom. The van der Waals surface area contributed by atoms with E-state index in [0.717, 1.165) is 24.3 Å². The van der Waals surface area contributed by atoms with E-state index in [1.807, 2.05) is 36.0 Å². The summed E-state index contributed by atoms with van der Waals surface area (Å²) in [7, 11) is 1.63. The molecule has 5 heteroatoms. The van der Waals surface area contributed by atoms with Crippen molar-refractivity contribution >= 4 is 0 Å². The van der Waals surface area contributed by atoms with E-state index in [1.54, 1.807) is 13.3 Å². The number of ether oxygens (including phenoxy) is 2. The largest absolute Gasteiger partial charge is 0.496 e. The van der Waals surface area contributed by atoms with Gasteiger partial charge in [0.15, 0.2) is 5.75 Å². The monoisotopic (exact) mass is 275 g/mol. The fourth-order valence-electron chi connectivity index (χ4n) is 2.12. The summed E-state index contributed by atoms with van der Waals surface area (Å²) in [6.45, 7) is 4.89. The smallest absolute Gasteiger partial charge is 0.165 e. The first kappa shape index (κ1) is 14.4. The van der Waals surface area contributed by atoms with Crippen LogP contribution >= 0.6 is 0 Å². The minimum atomic E-state index is -0.174. The summed E-state index contributed by atoms with van der Waals surface area (Å²) in [5.41, 5.74) is 6.88. The standard InChI is InChI=1S/C15H21N3O2/c1-4-8-18-10-12(9-17-18)20-14-7-5-6-13(19-3)15(14)11(2)16/h5-7,9-11H,4,8,16H2,1-3H3/t11-/m1/s1. The second kappa shape index (κ2) is 6.43. The summed E-state index contributed by atoms with van der Waals surface area (Å²) in [5, 5.41) is 4.25. The van der Waals surface area contributed by atoms with Gasteiger partial charge in [-0.1, -0.05) is 13.0 Å².